The van der Waals surface area contributed by atoms with Crippen LogP contribution in [0.1, 0.15) is 29.1 Å². The molecule has 19 heavy (non-hydrogen) atoms. The standard InChI is InChI=1S/C14H16N2O2S/c1-9(15-6-14-10(2)16-7-19-14)11-3-4-12-13(5-11)18-8-17-12/h3-5,7,9,15H,6,8H2,1-2H3/t9-/m0/s1. The van der Waals surface area contributed by atoms with Gasteiger partial charge in [-0.15, -0.1) is 11.3 Å². The minimum atomic E-state index is 0.260. The molecule has 1 aromatic carbocycles. The Bertz CT molecular complexity index is 583. The summed E-state index contributed by atoms with van der Waals surface area (Å²) in [4.78, 5) is 5.54. The SMILES string of the molecule is Cc1ncsc1CN[C@@H](C)c1ccc2c(c1)OCO2. The Kier molecular flexibility index (Phi) is 3.40. The molecule has 1 aromatic heterocycles. The van der Waals surface area contributed by atoms with Gasteiger partial charge in [0.05, 0.1) is 11.2 Å². The molecule has 0 aliphatic carbocycles. The number of aromatic nitrogens is 1. The second kappa shape index (κ2) is 5.19. The van der Waals surface area contributed by atoms with E-state index in [-0.39, 0.29) is 6.04 Å². The highest BCUT2D eigenvalue weighted by Gasteiger charge is 2.15. The quantitative estimate of drug-likeness (QED) is 0.932. The van der Waals surface area contributed by atoms with E-state index < -0.39 is 0 Å². The molecular weight excluding hydrogens is 260 g/mol. The molecule has 1 atom stereocenters. The first-order valence-electron chi connectivity index (χ1n) is 6.26. The van der Waals surface area contributed by atoms with Crippen LogP contribution < -0.4 is 14.8 Å². The van der Waals surface area contributed by atoms with E-state index in [0.717, 1.165) is 23.7 Å². The molecule has 3 rings (SSSR count). The van der Waals surface area contributed by atoms with Gasteiger partial charge in [0.2, 0.25) is 6.79 Å². The van der Waals surface area contributed by atoms with E-state index in [9.17, 15) is 0 Å². The molecule has 0 unspecified atom stereocenters. The van der Waals surface area contributed by atoms with Gasteiger partial charge >= 0.3 is 0 Å². The molecule has 1 aliphatic heterocycles. The predicted molar refractivity (Wildman–Crippen MR) is 74.7 cm³/mol. The maximum atomic E-state index is 5.40. The lowest BCUT2D eigenvalue weighted by Gasteiger charge is -2.14. The van der Waals surface area contributed by atoms with Crippen molar-refractivity contribution in [3.8, 4) is 11.5 Å². The summed E-state index contributed by atoms with van der Waals surface area (Å²) in [5, 5.41) is 3.51. The average Bonchev–Trinajstić information content (AvgIpc) is 3.03. The molecule has 1 N–H and O–H groups in total. The fraction of sp³-hybridized carbons (Fsp3) is 0.357. The molecule has 0 spiro atoms. The Hall–Kier alpha value is -1.59. The Labute approximate surface area is 116 Å². The monoisotopic (exact) mass is 276 g/mol. The van der Waals surface area contributed by atoms with Crippen molar-refractivity contribution < 1.29 is 9.47 Å². The van der Waals surface area contributed by atoms with Gasteiger partial charge in [0.15, 0.2) is 11.5 Å². The van der Waals surface area contributed by atoms with Gasteiger partial charge in [-0.25, -0.2) is 4.98 Å². The lowest BCUT2D eigenvalue weighted by atomic mass is 10.1. The number of aryl methyl sites for hydroxylation is 1. The molecule has 2 aromatic rings. The largest absolute Gasteiger partial charge is 0.454 e. The topological polar surface area (TPSA) is 43.4 Å². The van der Waals surface area contributed by atoms with Gasteiger partial charge < -0.3 is 14.8 Å². The van der Waals surface area contributed by atoms with Crippen molar-refractivity contribution in [2.24, 2.45) is 0 Å². The average molecular weight is 276 g/mol. The highest BCUT2D eigenvalue weighted by Crippen LogP contribution is 2.34. The molecule has 0 fully saturated rings. The summed E-state index contributed by atoms with van der Waals surface area (Å²) >= 11 is 1.69. The van der Waals surface area contributed by atoms with Crippen LogP contribution in [0.25, 0.3) is 0 Å². The van der Waals surface area contributed by atoms with Crippen LogP contribution in [0.5, 0.6) is 11.5 Å². The number of nitrogens with one attached hydrogen (secondary N) is 1. The van der Waals surface area contributed by atoms with E-state index in [4.69, 9.17) is 9.47 Å². The van der Waals surface area contributed by atoms with E-state index >= 15 is 0 Å². The number of benzene rings is 1. The molecule has 0 saturated heterocycles. The van der Waals surface area contributed by atoms with Crippen molar-refractivity contribution in [2.45, 2.75) is 26.4 Å². The van der Waals surface area contributed by atoms with Crippen molar-refractivity contribution in [2.75, 3.05) is 6.79 Å². The van der Waals surface area contributed by atoms with Crippen LogP contribution in [0, 0.1) is 6.92 Å². The van der Waals surface area contributed by atoms with Gasteiger partial charge in [-0.2, -0.15) is 0 Å². The molecule has 100 valence electrons. The van der Waals surface area contributed by atoms with E-state index in [0.29, 0.717) is 6.79 Å². The Morgan fingerprint density at radius 3 is 3.00 bits per heavy atom. The second-order valence-electron chi connectivity index (χ2n) is 4.58. The fourth-order valence-electron chi connectivity index (χ4n) is 2.04. The zero-order valence-electron chi connectivity index (χ0n) is 11.0. The molecular formula is C14H16N2O2S. The van der Waals surface area contributed by atoms with Crippen LogP contribution in [0.4, 0.5) is 0 Å². The second-order valence-corrected chi connectivity index (χ2v) is 5.52. The minimum absolute atomic E-state index is 0.260. The third-order valence-corrected chi connectivity index (χ3v) is 4.25. The van der Waals surface area contributed by atoms with Gasteiger partial charge in [0, 0.05) is 17.5 Å². The fourth-order valence-corrected chi connectivity index (χ4v) is 2.77. The van der Waals surface area contributed by atoms with Crippen LogP contribution in [0.2, 0.25) is 0 Å². The van der Waals surface area contributed by atoms with Crippen LogP contribution in [-0.2, 0) is 6.54 Å². The number of thiazole rings is 1. The zero-order valence-corrected chi connectivity index (χ0v) is 11.8. The summed E-state index contributed by atoms with van der Waals surface area (Å²) < 4.78 is 10.7. The van der Waals surface area contributed by atoms with Gasteiger partial charge in [-0.1, -0.05) is 6.07 Å². The Morgan fingerprint density at radius 1 is 1.37 bits per heavy atom. The Balaban J connectivity index is 1.67. The number of hydrogen-bond acceptors (Lipinski definition) is 5. The highest BCUT2D eigenvalue weighted by atomic mass is 32.1. The van der Waals surface area contributed by atoms with E-state index in [2.05, 4.69) is 23.3 Å². The van der Waals surface area contributed by atoms with Gasteiger partial charge in [0.1, 0.15) is 0 Å². The smallest absolute Gasteiger partial charge is 0.231 e. The molecule has 4 nitrogen and oxygen atoms in total. The summed E-state index contributed by atoms with van der Waals surface area (Å²) in [6.45, 7) is 5.35. The molecule has 0 amide bonds. The minimum Gasteiger partial charge on any atom is -0.454 e. The highest BCUT2D eigenvalue weighted by molar-refractivity contribution is 7.09. The van der Waals surface area contributed by atoms with E-state index in [1.807, 2.05) is 24.6 Å². The predicted octanol–water partition coefficient (Wildman–Crippen LogP) is 3.03. The van der Waals surface area contributed by atoms with Crippen molar-refractivity contribution >= 4 is 11.3 Å². The lowest BCUT2D eigenvalue weighted by molar-refractivity contribution is 0.174. The van der Waals surface area contributed by atoms with Gasteiger partial charge in [-0.3, -0.25) is 0 Å². The van der Waals surface area contributed by atoms with Crippen LogP contribution >= 0.6 is 11.3 Å². The maximum Gasteiger partial charge on any atom is 0.231 e. The van der Waals surface area contributed by atoms with Gasteiger partial charge in [-0.05, 0) is 31.5 Å². The number of nitrogens with zero attached hydrogens (tertiary/aromatic N) is 1. The van der Waals surface area contributed by atoms with Crippen molar-refractivity contribution in [1.29, 1.82) is 0 Å². The first-order valence-corrected chi connectivity index (χ1v) is 7.14. The van der Waals surface area contributed by atoms with Crippen molar-refractivity contribution in [1.82, 2.24) is 10.3 Å². The molecule has 1 aliphatic rings. The lowest BCUT2D eigenvalue weighted by Crippen LogP contribution is -2.17. The van der Waals surface area contributed by atoms with E-state index in [1.54, 1.807) is 11.3 Å². The third-order valence-electron chi connectivity index (χ3n) is 3.31. The summed E-state index contributed by atoms with van der Waals surface area (Å²) in [5.74, 6) is 1.66. The molecule has 0 radical (unpaired) electrons. The number of hydrogen-bond donors (Lipinski definition) is 1. The first-order chi connectivity index (χ1) is 9.24. The number of ether oxygens (including phenoxy) is 2. The number of fused-ring (bicyclic) bond motifs is 1. The number of rotatable bonds is 4. The van der Waals surface area contributed by atoms with E-state index in [1.165, 1.54) is 10.4 Å². The van der Waals surface area contributed by atoms with Crippen LogP contribution in [0.15, 0.2) is 23.7 Å². The first kappa shape index (κ1) is 12.4. The molecule has 0 bridgehead atoms. The molecule has 5 heteroatoms. The van der Waals surface area contributed by atoms with Crippen molar-refractivity contribution in [3.05, 3.63) is 39.8 Å². The normalized spacial score (nSPS) is 14.6. The summed E-state index contributed by atoms with van der Waals surface area (Å²) in [6, 6.07) is 6.34. The van der Waals surface area contributed by atoms with Crippen LogP contribution in [-0.4, -0.2) is 11.8 Å². The third kappa shape index (κ3) is 2.57. The summed E-state index contributed by atoms with van der Waals surface area (Å²) in [6.07, 6.45) is 0. The van der Waals surface area contributed by atoms with Crippen LogP contribution in [0.3, 0.4) is 0 Å². The summed E-state index contributed by atoms with van der Waals surface area (Å²) in [7, 11) is 0. The Morgan fingerprint density at radius 2 is 2.21 bits per heavy atom. The van der Waals surface area contributed by atoms with Gasteiger partial charge in [0.25, 0.3) is 0 Å². The zero-order chi connectivity index (χ0) is 13.2. The molecule has 0 saturated carbocycles. The van der Waals surface area contributed by atoms with Crippen molar-refractivity contribution in [3.63, 3.8) is 0 Å². The summed E-state index contributed by atoms with van der Waals surface area (Å²) in [5.41, 5.74) is 4.19. The molecule has 2 heterocycles. The maximum absolute atomic E-state index is 5.40.